The summed E-state index contributed by atoms with van der Waals surface area (Å²) in [4.78, 5) is 24.6. The van der Waals surface area contributed by atoms with E-state index in [0.717, 1.165) is 0 Å². The number of para-hydroxylation sites is 2. The van der Waals surface area contributed by atoms with Crippen LogP contribution in [0, 0.1) is 0 Å². The molecule has 2 aromatic carbocycles. The second-order valence-electron chi connectivity index (χ2n) is 5.86. The first-order valence-electron chi connectivity index (χ1n) is 8.39. The zero-order valence-electron chi connectivity index (χ0n) is 14.5. The number of nitrogens with one attached hydrogen (secondary N) is 1. The van der Waals surface area contributed by atoms with Crippen LogP contribution in [0.5, 0.6) is 11.5 Å². The zero-order valence-corrected chi connectivity index (χ0v) is 17.1. The molecule has 1 saturated heterocycles. The minimum atomic E-state index is -2.94. The first-order valence-corrected chi connectivity index (χ1v) is 11.1. The van der Waals surface area contributed by atoms with Crippen molar-refractivity contribution in [3.63, 3.8) is 0 Å². The number of hydrogen-bond donors (Lipinski definition) is 1. The molecule has 0 aromatic heterocycles. The normalized spacial score (nSPS) is 15.9. The van der Waals surface area contributed by atoms with Gasteiger partial charge in [0.25, 0.3) is 0 Å². The summed E-state index contributed by atoms with van der Waals surface area (Å²) in [6, 6.07) is 18.2. The molecule has 1 fully saturated rings. The van der Waals surface area contributed by atoms with Crippen LogP contribution >= 0.6 is 12.2 Å². The monoisotopic (exact) mass is 455 g/mol. The fourth-order valence-electron chi connectivity index (χ4n) is 2.68. The van der Waals surface area contributed by atoms with Crippen molar-refractivity contribution in [1.82, 2.24) is 5.32 Å². The van der Waals surface area contributed by atoms with Gasteiger partial charge < -0.3 is 0 Å². The van der Waals surface area contributed by atoms with Crippen LogP contribution in [0.3, 0.4) is 0 Å². The average molecular weight is 455 g/mol. The summed E-state index contributed by atoms with van der Waals surface area (Å²) >= 11 is 2.44. The van der Waals surface area contributed by atoms with Crippen molar-refractivity contribution >= 4 is 44.6 Å². The molecule has 1 heterocycles. The molecule has 0 unspecified atom stereocenters. The van der Waals surface area contributed by atoms with Gasteiger partial charge in [0.2, 0.25) is 0 Å². The second kappa shape index (κ2) is 8.00. The van der Waals surface area contributed by atoms with Gasteiger partial charge in [-0.25, -0.2) is 0 Å². The Morgan fingerprint density at radius 3 is 1.96 bits per heavy atom. The first-order chi connectivity index (χ1) is 13.6. The molecule has 0 radical (unpaired) electrons. The number of carbonyl (C=O) groups excluding carboxylic acids is 2. The molecule has 28 heavy (non-hydrogen) atoms. The second-order valence-corrected chi connectivity index (χ2v) is 8.44. The van der Waals surface area contributed by atoms with Gasteiger partial charge in [-0.15, -0.1) is 0 Å². The van der Waals surface area contributed by atoms with Gasteiger partial charge in [0.1, 0.15) is 0 Å². The first kappa shape index (κ1) is 18.5. The standard InChI is InChI=1S/C20H14AsNO5S/c23-19-15-11-12-16(28)18(17(15)20(24)22-19)27-21(25-13-7-3-1-4-8-13)26-14-9-5-2-6-10-14/h1-11H,12H2,(H,22,23,24). The van der Waals surface area contributed by atoms with Crippen LogP contribution in [0.25, 0.3) is 0 Å². The summed E-state index contributed by atoms with van der Waals surface area (Å²) in [6.45, 7) is 0. The fourth-order valence-corrected chi connectivity index (χ4v) is 5.24. The number of hydrogen-bond acceptors (Lipinski definition) is 6. The fraction of sp³-hybridized carbons (Fsp3) is 0.0500. The summed E-state index contributed by atoms with van der Waals surface area (Å²) in [6.07, 6.45) is 1.97. The van der Waals surface area contributed by atoms with Gasteiger partial charge >= 0.3 is 172 Å². The van der Waals surface area contributed by atoms with Crippen LogP contribution in [0.15, 0.2) is 83.6 Å². The Kier molecular flexibility index (Phi) is 5.28. The summed E-state index contributed by atoms with van der Waals surface area (Å²) in [7, 11) is 0. The third kappa shape index (κ3) is 3.86. The molecule has 8 heteroatoms. The summed E-state index contributed by atoms with van der Waals surface area (Å²) in [5.74, 6) is 0.363. The van der Waals surface area contributed by atoms with Gasteiger partial charge in [0.15, 0.2) is 0 Å². The number of allylic oxidation sites excluding steroid dienone is 2. The third-order valence-electron chi connectivity index (χ3n) is 3.95. The molecule has 2 aliphatic rings. The van der Waals surface area contributed by atoms with Crippen molar-refractivity contribution in [2.24, 2.45) is 0 Å². The molecule has 0 saturated carbocycles. The van der Waals surface area contributed by atoms with Crippen molar-refractivity contribution in [2.45, 2.75) is 6.42 Å². The topological polar surface area (TPSA) is 73.9 Å². The quantitative estimate of drug-likeness (QED) is 0.410. The van der Waals surface area contributed by atoms with E-state index in [2.05, 4.69) is 5.32 Å². The number of fused-ring (bicyclic) bond motifs is 1. The molecule has 0 bridgehead atoms. The molecule has 0 spiro atoms. The molecule has 1 N–H and O–H groups in total. The Hall–Kier alpha value is -2.89. The van der Waals surface area contributed by atoms with Crippen molar-refractivity contribution in [2.75, 3.05) is 0 Å². The average Bonchev–Trinajstić information content (AvgIpc) is 2.99. The van der Waals surface area contributed by atoms with Crippen molar-refractivity contribution in [3.8, 4) is 11.5 Å². The molecule has 0 atom stereocenters. The predicted molar refractivity (Wildman–Crippen MR) is 106 cm³/mol. The molecule has 1 aliphatic carbocycles. The van der Waals surface area contributed by atoms with E-state index >= 15 is 0 Å². The van der Waals surface area contributed by atoms with Crippen LogP contribution in [0.2, 0.25) is 0 Å². The Bertz CT molecular complexity index is 962. The maximum absolute atomic E-state index is 12.2. The van der Waals surface area contributed by atoms with Gasteiger partial charge in [0, 0.05) is 0 Å². The Labute approximate surface area is 172 Å². The number of carbonyl (C=O) groups is 2. The molecule has 140 valence electrons. The van der Waals surface area contributed by atoms with Crippen LogP contribution in [-0.4, -0.2) is 32.4 Å². The Balaban J connectivity index is 1.66. The molecular formula is C20H14AsNO5S. The summed E-state index contributed by atoms with van der Waals surface area (Å²) in [5, 5.41) is 2.27. The zero-order chi connectivity index (χ0) is 19.5. The van der Waals surface area contributed by atoms with E-state index in [0.29, 0.717) is 22.8 Å². The SMILES string of the molecule is O=C1NC(=O)C2=C(O[As](Oc3ccccc3)Oc3ccccc3)C(=S)CC=C12. The minimum absolute atomic E-state index is 0.147. The maximum atomic E-state index is 12.2. The van der Waals surface area contributed by atoms with Crippen molar-refractivity contribution in [3.05, 3.63) is 83.6 Å². The summed E-state index contributed by atoms with van der Waals surface area (Å²) < 4.78 is 17.9. The van der Waals surface area contributed by atoms with E-state index in [1.165, 1.54) is 0 Å². The molecule has 2 amide bonds. The van der Waals surface area contributed by atoms with E-state index in [4.69, 9.17) is 23.4 Å². The van der Waals surface area contributed by atoms with Crippen molar-refractivity contribution < 1.29 is 20.8 Å². The third-order valence-corrected chi connectivity index (χ3v) is 6.51. The van der Waals surface area contributed by atoms with Gasteiger partial charge in [-0.05, 0) is 0 Å². The molecular weight excluding hydrogens is 441 g/mol. The van der Waals surface area contributed by atoms with Gasteiger partial charge in [-0.2, -0.15) is 0 Å². The van der Waals surface area contributed by atoms with E-state index < -0.39 is 27.5 Å². The van der Waals surface area contributed by atoms with Gasteiger partial charge in [-0.3, -0.25) is 0 Å². The molecule has 6 nitrogen and oxygen atoms in total. The van der Waals surface area contributed by atoms with E-state index in [1.54, 1.807) is 30.3 Å². The molecule has 1 aliphatic heterocycles. The Morgan fingerprint density at radius 1 is 0.821 bits per heavy atom. The van der Waals surface area contributed by atoms with Gasteiger partial charge in [0.05, 0.1) is 0 Å². The number of thiocarbonyl (C=S) groups is 1. The molecule has 4 rings (SSSR count). The van der Waals surface area contributed by atoms with Crippen LogP contribution in [-0.2, 0) is 13.3 Å². The number of amides is 2. The van der Waals surface area contributed by atoms with E-state index in [1.807, 2.05) is 36.4 Å². The van der Waals surface area contributed by atoms with E-state index in [-0.39, 0.29) is 16.9 Å². The number of imide groups is 1. The van der Waals surface area contributed by atoms with Gasteiger partial charge in [-0.1, -0.05) is 0 Å². The van der Waals surface area contributed by atoms with E-state index in [9.17, 15) is 9.59 Å². The summed E-state index contributed by atoms with van der Waals surface area (Å²) in [5.41, 5.74) is 0.427. The number of rotatable bonds is 6. The molecule has 2 aromatic rings. The number of benzene rings is 2. The predicted octanol–water partition coefficient (Wildman–Crippen LogP) is 2.76. The van der Waals surface area contributed by atoms with Crippen LogP contribution in [0.4, 0.5) is 0 Å². The Morgan fingerprint density at radius 2 is 1.39 bits per heavy atom. The van der Waals surface area contributed by atoms with Crippen LogP contribution < -0.4 is 12.8 Å². The van der Waals surface area contributed by atoms with Crippen molar-refractivity contribution in [1.29, 1.82) is 0 Å². The van der Waals surface area contributed by atoms with Crippen LogP contribution in [0.1, 0.15) is 6.42 Å².